The van der Waals surface area contributed by atoms with E-state index >= 15 is 0 Å². The van der Waals surface area contributed by atoms with Crippen LogP contribution in [0.1, 0.15) is 34.3 Å². The molecule has 1 aliphatic heterocycles. The second kappa shape index (κ2) is 7.46. The molecule has 0 bridgehead atoms. The summed E-state index contributed by atoms with van der Waals surface area (Å²) in [6.07, 6.45) is -2.67. The fourth-order valence-electron chi connectivity index (χ4n) is 3.03. The van der Waals surface area contributed by atoms with Crippen molar-refractivity contribution in [2.75, 3.05) is 17.8 Å². The fraction of sp³-hybridized carbons (Fsp3) is 0.316. The van der Waals surface area contributed by atoms with E-state index in [1.165, 1.54) is 12.1 Å². The molecule has 2 aromatic carbocycles. The van der Waals surface area contributed by atoms with Crippen LogP contribution in [0.5, 0.6) is 0 Å². The van der Waals surface area contributed by atoms with Crippen LogP contribution in [0.2, 0.25) is 0 Å². The van der Waals surface area contributed by atoms with Gasteiger partial charge in [0.1, 0.15) is 0 Å². The number of rotatable bonds is 4. The molecule has 3 rings (SSSR count). The lowest BCUT2D eigenvalue weighted by atomic mass is 10.1. The average molecular weight is 412 g/mol. The van der Waals surface area contributed by atoms with Crippen LogP contribution < -0.4 is 4.72 Å². The Morgan fingerprint density at radius 1 is 1.04 bits per heavy atom. The number of hydrogen-bond acceptors (Lipinski definition) is 3. The molecule has 0 aromatic heterocycles. The highest BCUT2D eigenvalue weighted by molar-refractivity contribution is 7.92. The Labute approximate surface area is 161 Å². The van der Waals surface area contributed by atoms with Gasteiger partial charge >= 0.3 is 6.18 Å². The van der Waals surface area contributed by atoms with Crippen molar-refractivity contribution < 1.29 is 26.4 Å². The monoisotopic (exact) mass is 412 g/mol. The van der Waals surface area contributed by atoms with Crippen LogP contribution in [0.15, 0.2) is 47.4 Å². The number of likely N-dealkylation sites (tertiary alicyclic amines) is 1. The molecule has 0 aliphatic carbocycles. The summed E-state index contributed by atoms with van der Waals surface area (Å²) in [6.45, 7) is 3.00. The van der Waals surface area contributed by atoms with Crippen LogP contribution in [0.4, 0.5) is 18.9 Å². The lowest BCUT2D eigenvalue weighted by Crippen LogP contribution is -2.28. The first-order chi connectivity index (χ1) is 13.1. The van der Waals surface area contributed by atoms with Gasteiger partial charge in [-0.3, -0.25) is 9.52 Å². The first-order valence-corrected chi connectivity index (χ1v) is 10.2. The molecule has 5 nitrogen and oxygen atoms in total. The van der Waals surface area contributed by atoms with E-state index in [-0.39, 0.29) is 16.5 Å². The maximum absolute atomic E-state index is 12.6. The fourth-order valence-corrected chi connectivity index (χ4v) is 4.12. The number of anilines is 1. The van der Waals surface area contributed by atoms with E-state index in [1.807, 2.05) is 0 Å². The van der Waals surface area contributed by atoms with Crippen LogP contribution in [0.3, 0.4) is 0 Å². The molecule has 28 heavy (non-hydrogen) atoms. The number of amides is 1. The Morgan fingerprint density at radius 3 is 2.21 bits per heavy atom. The molecule has 1 aliphatic rings. The highest BCUT2D eigenvalue weighted by Crippen LogP contribution is 2.30. The van der Waals surface area contributed by atoms with E-state index in [9.17, 15) is 26.4 Å². The van der Waals surface area contributed by atoms with Gasteiger partial charge in [-0.2, -0.15) is 13.2 Å². The maximum Gasteiger partial charge on any atom is 0.416 e. The topological polar surface area (TPSA) is 66.5 Å². The van der Waals surface area contributed by atoms with Crippen molar-refractivity contribution in [1.82, 2.24) is 4.90 Å². The molecule has 1 amide bonds. The van der Waals surface area contributed by atoms with Crippen molar-refractivity contribution in [3.63, 3.8) is 0 Å². The van der Waals surface area contributed by atoms with Gasteiger partial charge in [0.05, 0.1) is 10.5 Å². The van der Waals surface area contributed by atoms with Gasteiger partial charge < -0.3 is 4.90 Å². The van der Waals surface area contributed by atoms with Crippen LogP contribution >= 0.6 is 0 Å². The number of aryl methyl sites for hydroxylation is 1. The molecule has 1 fully saturated rings. The van der Waals surface area contributed by atoms with Crippen LogP contribution in [0.25, 0.3) is 0 Å². The first-order valence-electron chi connectivity index (χ1n) is 8.68. The smallest absolute Gasteiger partial charge is 0.339 e. The summed E-state index contributed by atoms with van der Waals surface area (Å²) in [4.78, 5) is 14.2. The molecule has 2 aromatic rings. The molecule has 9 heteroatoms. The van der Waals surface area contributed by atoms with Crippen molar-refractivity contribution in [3.05, 3.63) is 59.2 Å². The molecule has 0 radical (unpaired) electrons. The zero-order valence-corrected chi connectivity index (χ0v) is 15.9. The zero-order valence-electron chi connectivity index (χ0n) is 15.1. The van der Waals surface area contributed by atoms with E-state index in [0.717, 1.165) is 37.1 Å². The van der Waals surface area contributed by atoms with Gasteiger partial charge in [-0.05, 0) is 61.7 Å². The van der Waals surface area contributed by atoms with Gasteiger partial charge in [-0.15, -0.1) is 0 Å². The number of carbonyl (C=O) groups excluding carboxylic acids is 1. The van der Waals surface area contributed by atoms with Crippen LogP contribution in [-0.4, -0.2) is 32.3 Å². The quantitative estimate of drug-likeness (QED) is 0.824. The third-order valence-corrected chi connectivity index (χ3v) is 5.99. The van der Waals surface area contributed by atoms with Gasteiger partial charge in [-0.1, -0.05) is 6.07 Å². The number of carbonyl (C=O) groups is 1. The summed E-state index contributed by atoms with van der Waals surface area (Å²) in [5, 5.41) is 0. The molecule has 1 saturated heterocycles. The number of alkyl halides is 3. The van der Waals surface area contributed by atoms with Gasteiger partial charge in [0.25, 0.3) is 15.9 Å². The van der Waals surface area contributed by atoms with E-state index in [1.54, 1.807) is 17.9 Å². The van der Waals surface area contributed by atoms with E-state index in [0.29, 0.717) is 24.2 Å². The van der Waals surface area contributed by atoms with Crippen molar-refractivity contribution in [3.8, 4) is 0 Å². The lowest BCUT2D eigenvalue weighted by Gasteiger charge is -2.17. The number of nitrogens with one attached hydrogen (secondary N) is 1. The van der Waals surface area contributed by atoms with Crippen LogP contribution in [0, 0.1) is 6.92 Å². The minimum Gasteiger partial charge on any atom is -0.339 e. The molecule has 150 valence electrons. The maximum atomic E-state index is 12.6. The van der Waals surface area contributed by atoms with Crippen molar-refractivity contribution in [2.24, 2.45) is 0 Å². The molecule has 0 spiro atoms. The molecule has 0 unspecified atom stereocenters. The predicted molar refractivity (Wildman–Crippen MR) is 98.6 cm³/mol. The largest absolute Gasteiger partial charge is 0.416 e. The highest BCUT2D eigenvalue weighted by Gasteiger charge is 2.30. The zero-order chi connectivity index (χ0) is 20.5. The number of benzene rings is 2. The minimum atomic E-state index is -4.50. The summed E-state index contributed by atoms with van der Waals surface area (Å²) in [6, 6.07) is 7.91. The number of sulfonamides is 1. The Morgan fingerprint density at radius 2 is 1.64 bits per heavy atom. The third kappa shape index (κ3) is 4.30. The molecular weight excluding hydrogens is 393 g/mol. The van der Waals surface area contributed by atoms with Gasteiger partial charge in [0.15, 0.2) is 0 Å². The standard InChI is InChI=1S/C19H19F3N2O3S/c1-13-4-9-16(12-17(13)18(25)24-10-2-3-11-24)28(26,27)23-15-7-5-14(6-8-15)19(20,21)22/h4-9,12,23H,2-3,10-11H2,1H3. The summed E-state index contributed by atoms with van der Waals surface area (Å²) >= 11 is 0. The van der Waals surface area contributed by atoms with E-state index in [2.05, 4.69) is 4.72 Å². The lowest BCUT2D eigenvalue weighted by molar-refractivity contribution is -0.137. The number of halogens is 3. The SMILES string of the molecule is Cc1ccc(S(=O)(=O)Nc2ccc(C(F)(F)F)cc2)cc1C(=O)N1CCCC1. The molecule has 0 saturated carbocycles. The third-order valence-electron chi connectivity index (χ3n) is 4.61. The molecule has 1 heterocycles. The number of hydrogen-bond donors (Lipinski definition) is 1. The van der Waals surface area contributed by atoms with Crippen molar-refractivity contribution >= 4 is 21.6 Å². The average Bonchev–Trinajstić information content (AvgIpc) is 3.15. The normalized spacial score (nSPS) is 14.9. The molecular formula is C19H19F3N2O3S. The van der Waals surface area contributed by atoms with E-state index in [4.69, 9.17) is 0 Å². The van der Waals surface area contributed by atoms with Crippen molar-refractivity contribution in [2.45, 2.75) is 30.8 Å². The van der Waals surface area contributed by atoms with Crippen LogP contribution in [-0.2, 0) is 16.2 Å². The Hall–Kier alpha value is -2.55. The Bertz CT molecular complexity index is 980. The number of nitrogens with zero attached hydrogens (tertiary/aromatic N) is 1. The summed E-state index contributed by atoms with van der Waals surface area (Å²) < 4.78 is 65.4. The Kier molecular flexibility index (Phi) is 5.38. The van der Waals surface area contributed by atoms with Gasteiger partial charge in [-0.25, -0.2) is 8.42 Å². The molecule has 0 atom stereocenters. The predicted octanol–water partition coefficient (Wildman–Crippen LogP) is 4.05. The van der Waals surface area contributed by atoms with Gasteiger partial charge in [0.2, 0.25) is 0 Å². The first kappa shape index (κ1) is 20.2. The highest BCUT2D eigenvalue weighted by atomic mass is 32.2. The van der Waals surface area contributed by atoms with Gasteiger partial charge in [0, 0.05) is 24.3 Å². The Balaban J connectivity index is 1.85. The second-order valence-corrected chi connectivity index (χ2v) is 8.34. The minimum absolute atomic E-state index is 0.000921. The summed E-state index contributed by atoms with van der Waals surface area (Å²) in [7, 11) is -4.06. The second-order valence-electron chi connectivity index (χ2n) is 6.66. The van der Waals surface area contributed by atoms with Crippen molar-refractivity contribution in [1.29, 1.82) is 0 Å². The summed E-state index contributed by atoms with van der Waals surface area (Å²) in [5.41, 5.74) is 0.0906. The van der Waals surface area contributed by atoms with E-state index < -0.39 is 21.8 Å². The summed E-state index contributed by atoms with van der Waals surface area (Å²) in [5.74, 6) is -0.221. The molecule has 1 N–H and O–H groups in total.